The van der Waals surface area contributed by atoms with Crippen molar-refractivity contribution in [1.29, 1.82) is 0 Å². The molecular formula is C10H21NO3. The topological polar surface area (TPSA) is 41.9 Å². The van der Waals surface area contributed by atoms with Gasteiger partial charge in [-0.2, -0.15) is 0 Å². The third-order valence-corrected chi connectivity index (χ3v) is 2.22. The Morgan fingerprint density at radius 3 is 2.64 bits per heavy atom. The highest BCUT2D eigenvalue weighted by atomic mass is 16.7. The summed E-state index contributed by atoms with van der Waals surface area (Å²) in [6, 6.07) is 0. The normalized spacial score (nSPS) is 21.4. The van der Waals surface area contributed by atoms with E-state index < -0.39 is 0 Å². The van der Waals surface area contributed by atoms with Crippen LogP contribution in [0.5, 0.6) is 0 Å². The van der Waals surface area contributed by atoms with Gasteiger partial charge in [0.15, 0.2) is 6.29 Å². The molecule has 0 aromatic carbocycles. The predicted octanol–water partition coefficient (Wildman–Crippen LogP) is 0.452. The zero-order valence-corrected chi connectivity index (χ0v) is 9.11. The van der Waals surface area contributed by atoms with Crippen molar-refractivity contribution in [2.75, 3.05) is 33.4 Å². The number of aliphatic hydroxyl groups excluding tert-OH is 1. The monoisotopic (exact) mass is 203 g/mol. The van der Waals surface area contributed by atoms with E-state index in [1.165, 1.54) is 0 Å². The maximum Gasteiger partial charge on any atom is 0.158 e. The molecule has 4 nitrogen and oxygen atoms in total. The average molecular weight is 203 g/mol. The maximum atomic E-state index is 9.16. The number of aliphatic hydroxyl groups is 1. The Labute approximate surface area is 85.8 Å². The summed E-state index contributed by atoms with van der Waals surface area (Å²) in [6.07, 6.45) is 1.57. The molecule has 0 radical (unpaired) electrons. The molecule has 1 heterocycles. The van der Waals surface area contributed by atoms with Crippen LogP contribution in [-0.2, 0) is 9.47 Å². The van der Waals surface area contributed by atoms with Crippen molar-refractivity contribution in [2.45, 2.75) is 32.2 Å². The molecule has 0 aromatic heterocycles. The highest BCUT2D eigenvalue weighted by molar-refractivity contribution is 4.59. The van der Waals surface area contributed by atoms with E-state index in [4.69, 9.17) is 14.6 Å². The first-order valence-corrected chi connectivity index (χ1v) is 5.28. The van der Waals surface area contributed by atoms with Crippen LogP contribution in [0, 0.1) is 0 Å². The van der Waals surface area contributed by atoms with E-state index >= 15 is 0 Å². The van der Waals surface area contributed by atoms with Crippen LogP contribution in [0.25, 0.3) is 0 Å². The summed E-state index contributed by atoms with van der Waals surface area (Å²) in [6.45, 7) is 5.02. The second kappa shape index (κ2) is 6.35. The summed E-state index contributed by atoms with van der Waals surface area (Å²) in [7, 11) is 2.00. The van der Waals surface area contributed by atoms with E-state index in [0.717, 1.165) is 32.6 Å². The van der Waals surface area contributed by atoms with E-state index in [9.17, 15) is 0 Å². The standard InChI is InChI=1S/C10H21NO3/c1-9(12)8-11(2)5-4-10-13-6-3-7-14-10/h9-10,12H,3-8H2,1-2H3. The summed E-state index contributed by atoms with van der Waals surface area (Å²) in [5, 5.41) is 9.16. The lowest BCUT2D eigenvalue weighted by molar-refractivity contribution is -0.182. The van der Waals surface area contributed by atoms with Crippen LogP contribution in [0.4, 0.5) is 0 Å². The van der Waals surface area contributed by atoms with Gasteiger partial charge in [-0.1, -0.05) is 0 Å². The van der Waals surface area contributed by atoms with Gasteiger partial charge >= 0.3 is 0 Å². The minimum Gasteiger partial charge on any atom is -0.392 e. The van der Waals surface area contributed by atoms with Crippen LogP contribution < -0.4 is 0 Å². The SMILES string of the molecule is CC(O)CN(C)CCC1OCCCO1. The van der Waals surface area contributed by atoms with Crippen LogP contribution in [0.15, 0.2) is 0 Å². The Morgan fingerprint density at radius 1 is 1.43 bits per heavy atom. The predicted molar refractivity (Wildman–Crippen MR) is 54.1 cm³/mol. The maximum absolute atomic E-state index is 9.16. The quantitative estimate of drug-likeness (QED) is 0.704. The molecule has 14 heavy (non-hydrogen) atoms. The van der Waals surface area contributed by atoms with Crippen LogP contribution in [0.2, 0.25) is 0 Å². The molecule has 0 bridgehead atoms. The Balaban J connectivity index is 2.06. The van der Waals surface area contributed by atoms with Crippen LogP contribution in [0.3, 0.4) is 0 Å². The summed E-state index contributed by atoms with van der Waals surface area (Å²) in [4.78, 5) is 2.09. The van der Waals surface area contributed by atoms with Crippen molar-refractivity contribution in [2.24, 2.45) is 0 Å². The van der Waals surface area contributed by atoms with E-state index in [1.54, 1.807) is 6.92 Å². The van der Waals surface area contributed by atoms with Gasteiger partial charge in [-0.05, 0) is 20.4 Å². The van der Waals surface area contributed by atoms with Crippen LogP contribution in [0.1, 0.15) is 19.8 Å². The molecule has 0 aromatic rings. The third-order valence-electron chi connectivity index (χ3n) is 2.22. The summed E-state index contributed by atoms with van der Waals surface area (Å²) >= 11 is 0. The lowest BCUT2D eigenvalue weighted by Gasteiger charge is -2.25. The number of hydrogen-bond acceptors (Lipinski definition) is 4. The fourth-order valence-electron chi connectivity index (χ4n) is 1.57. The number of ether oxygens (including phenoxy) is 2. The first kappa shape index (κ1) is 11.9. The van der Waals surface area contributed by atoms with E-state index in [0.29, 0.717) is 6.54 Å². The van der Waals surface area contributed by atoms with Crippen LogP contribution >= 0.6 is 0 Å². The molecule has 1 unspecified atom stereocenters. The Bertz CT molecular complexity index is 146. The van der Waals surface area contributed by atoms with Crippen LogP contribution in [-0.4, -0.2) is 55.8 Å². The first-order valence-electron chi connectivity index (χ1n) is 5.28. The van der Waals surface area contributed by atoms with Gasteiger partial charge in [0.1, 0.15) is 0 Å². The second-order valence-corrected chi connectivity index (χ2v) is 3.92. The average Bonchev–Trinajstić information content (AvgIpc) is 2.15. The molecule has 84 valence electrons. The molecule has 1 rings (SSSR count). The summed E-state index contributed by atoms with van der Waals surface area (Å²) in [5.74, 6) is 0. The molecule has 0 aliphatic carbocycles. The number of hydrogen-bond donors (Lipinski definition) is 1. The largest absolute Gasteiger partial charge is 0.392 e. The van der Waals surface area contributed by atoms with Gasteiger partial charge in [-0.15, -0.1) is 0 Å². The molecule has 1 aliphatic rings. The fraction of sp³-hybridized carbons (Fsp3) is 1.00. The first-order chi connectivity index (χ1) is 6.68. The van der Waals surface area contributed by atoms with Crippen molar-refractivity contribution >= 4 is 0 Å². The van der Waals surface area contributed by atoms with Crippen molar-refractivity contribution < 1.29 is 14.6 Å². The number of likely N-dealkylation sites (N-methyl/N-ethyl adjacent to an activating group) is 1. The molecule has 0 spiro atoms. The molecule has 4 heteroatoms. The molecule has 1 fully saturated rings. The third kappa shape index (κ3) is 4.91. The highest BCUT2D eigenvalue weighted by Crippen LogP contribution is 2.08. The molecular weight excluding hydrogens is 182 g/mol. The number of rotatable bonds is 5. The van der Waals surface area contributed by atoms with Gasteiger partial charge in [0.05, 0.1) is 19.3 Å². The number of nitrogens with zero attached hydrogens (tertiary/aromatic N) is 1. The minimum atomic E-state index is -0.270. The summed E-state index contributed by atoms with van der Waals surface area (Å²) in [5.41, 5.74) is 0. The van der Waals surface area contributed by atoms with E-state index in [2.05, 4.69) is 4.90 Å². The lowest BCUT2D eigenvalue weighted by atomic mass is 10.3. The van der Waals surface area contributed by atoms with Gasteiger partial charge in [-0.25, -0.2) is 0 Å². The van der Waals surface area contributed by atoms with Gasteiger partial charge < -0.3 is 19.5 Å². The van der Waals surface area contributed by atoms with Crippen molar-refractivity contribution in [1.82, 2.24) is 4.90 Å². The van der Waals surface area contributed by atoms with Crippen molar-refractivity contribution in [3.05, 3.63) is 0 Å². The lowest BCUT2D eigenvalue weighted by Crippen LogP contribution is -2.33. The molecule has 1 saturated heterocycles. The Hall–Kier alpha value is -0.160. The Kier molecular flexibility index (Phi) is 5.40. The summed E-state index contributed by atoms with van der Waals surface area (Å²) < 4.78 is 10.8. The van der Waals surface area contributed by atoms with Gasteiger partial charge in [0.25, 0.3) is 0 Å². The van der Waals surface area contributed by atoms with Gasteiger partial charge in [0.2, 0.25) is 0 Å². The Morgan fingerprint density at radius 2 is 2.07 bits per heavy atom. The molecule has 1 atom stereocenters. The molecule has 0 amide bonds. The smallest absolute Gasteiger partial charge is 0.158 e. The van der Waals surface area contributed by atoms with Gasteiger partial charge in [0, 0.05) is 19.5 Å². The molecule has 0 saturated carbocycles. The zero-order chi connectivity index (χ0) is 10.4. The zero-order valence-electron chi connectivity index (χ0n) is 9.11. The van der Waals surface area contributed by atoms with Crippen molar-refractivity contribution in [3.8, 4) is 0 Å². The fourth-order valence-corrected chi connectivity index (χ4v) is 1.57. The second-order valence-electron chi connectivity index (χ2n) is 3.92. The van der Waals surface area contributed by atoms with Gasteiger partial charge in [-0.3, -0.25) is 0 Å². The minimum absolute atomic E-state index is 0.0415. The van der Waals surface area contributed by atoms with Crippen molar-refractivity contribution in [3.63, 3.8) is 0 Å². The highest BCUT2D eigenvalue weighted by Gasteiger charge is 2.14. The van der Waals surface area contributed by atoms with E-state index in [-0.39, 0.29) is 12.4 Å². The molecule has 1 aliphatic heterocycles. The van der Waals surface area contributed by atoms with E-state index in [1.807, 2.05) is 7.05 Å². The molecule has 1 N–H and O–H groups in total.